The fourth-order valence-electron chi connectivity index (χ4n) is 1.33. The van der Waals surface area contributed by atoms with Gasteiger partial charge in [-0.3, -0.25) is 4.79 Å². The van der Waals surface area contributed by atoms with Crippen molar-refractivity contribution in [3.63, 3.8) is 0 Å². The van der Waals surface area contributed by atoms with E-state index in [1.165, 1.54) is 19.2 Å². The number of nitrogens with one attached hydrogen (secondary N) is 1. The number of halogens is 1. The highest BCUT2D eigenvalue weighted by molar-refractivity contribution is 5.75. The van der Waals surface area contributed by atoms with Gasteiger partial charge in [0.25, 0.3) is 0 Å². The molecule has 0 bridgehead atoms. The largest absolute Gasteiger partial charge is 0.488 e. The van der Waals surface area contributed by atoms with Crippen molar-refractivity contribution in [1.82, 2.24) is 5.32 Å². The Morgan fingerprint density at radius 3 is 2.76 bits per heavy atom. The molecule has 0 aliphatic carbocycles. The summed E-state index contributed by atoms with van der Waals surface area (Å²) < 4.78 is 23.1. The molecule has 0 aromatic heterocycles. The van der Waals surface area contributed by atoms with Crippen LogP contribution >= 0.6 is 0 Å². The van der Waals surface area contributed by atoms with Crippen LogP contribution < -0.4 is 10.1 Å². The van der Waals surface area contributed by atoms with Gasteiger partial charge < -0.3 is 14.8 Å². The highest BCUT2D eigenvalue weighted by atomic mass is 19.1. The Morgan fingerprint density at radius 1 is 1.47 bits per heavy atom. The van der Waals surface area contributed by atoms with Crippen LogP contribution in [0, 0.1) is 5.82 Å². The molecule has 0 fully saturated rings. The Labute approximate surface area is 99.7 Å². The van der Waals surface area contributed by atoms with E-state index in [2.05, 4.69) is 10.1 Å². The van der Waals surface area contributed by atoms with Gasteiger partial charge in [0.15, 0.2) is 11.6 Å². The van der Waals surface area contributed by atoms with E-state index in [0.717, 1.165) is 0 Å². The van der Waals surface area contributed by atoms with Crippen LogP contribution in [-0.2, 0) is 9.53 Å². The number of likely N-dealkylation sites (N-methyl/N-ethyl adjacent to an activating group) is 1. The maximum Gasteiger partial charge on any atom is 0.326 e. The molecule has 4 nitrogen and oxygen atoms in total. The predicted octanol–water partition coefficient (Wildman–Crippen LogP) is 1.36. The molecular weight excluding hydrogens is 225 g/mol. The van der Waals surface area contributed by atoms with Crippen molar-refractivity contribution in [3.8, 4) is 5.75 Å². The number of ether oxygens (including phenoxy) is 2. The van der Waals surface area contributed by atoms with Crippen molar-refractivity contribution in [1.29, 1.82) is 0 Å². The molecule has 0 radical (unpaired) electrons. The van der Waals surface area contributed by atoms with Crippen LogP contribution in [0.2, 0.25) is 0 Å². The van der Waals surface area contributed by atoms with Gasteiger partial charge in [-0.1, -0.05) is 19.1 Å². The molecule has 0 aliphatic rings. The van der Waals surface area contributed by atoms with Crippen LogP contribution in [0.25, 0.3) is 0 Å². The number of hydrogen-bond acceptors (Lipinski definition) is 4. The van der Waals surface area contributed by atoms with Crippen LogP contribution in [-0.4, -0.2) is 32.3 Å². The normalized spacial score (nSPS) is 11.9. The summed E-state index contributed by atoms with van der Waals surface area (Å²) in [6.07, 6.45) is 0. The Balaban J connectivity index is 2.57. The minimum Gasteiger partial charge on any atom is -0.488 e. The fourth-order valence-corrected chi connectivity index (χ4v) is 1.33. The maximum absolute atomic E-state index is 13.2. The zero-order chi connectivity index (χ0) is 12.7. The van der Waals surface area contributed by atoms with Crippen molar-refractivity contribution in [2.45, 2.75) is 13.0 Å². The highest BCUT2D eigenvalue weighted by Gasteiger charge is 2.19. The van der Waals surface area contributed by atoms with Crippen molar-refractivity contribution in [2.75, 3.05) is 20.3 Å². The Morgan fingerprint density at radius 2 is 2.18 bits per heavy atom. The molecule has 94 valence electrons. The molecular formula is C12H16FNO3. The first-order valence-corrected chi connectivity index (χ1v) is 5.37. The lowest BCUT2D eigenvalue weighted by atomic mass is 10.3. The molecule has 0 saturated heterocycles. The number of benzene rings is 1. The van der Waals surface area contributed by atoms with E-state index in [0.29, 0.717) is 6.54 Å². The summed E-state index contributed by atoms with van der Waals surface area (Å²) in [4.78, 5) is 11.3. The lowest BCUT2D eigenvalue weighted by molar-refractivity contribution is -0.143. The van der Waals surface area contributed by atoms with E-state index >= 15 is 0 Å². The number of para-hydroxylation sites is 1. The second-order valence-electron chi connectivity index (χ2n) is 3.37. The summed E-state index contributed by atoms with van der Waals surface area (Å²) in [5.41, 5.74) is 0. The lowest BCUT2D eigenvalue weighted by Crippen LogP contribution is -2.42. The number of rotatable bonds is 6. The molecule has 1 N–H and O–H groups in total. The van der Waals surface area contributed by atoms with Gasteiger partial charge in [-0.2, -0.15) is 0 Å². The molecule has 1 rings (SSSR count). The molecule has 1 aromatic carbocycles. The second-order valence-corrected chi connectivity index (χ2v) is 3.37. The number of carbonyl (C=O) groups is 1. The minimum atomic E-state index is -0.593. The Bertz CT molecular complexity index is 371. The van der Waals surface area contributed by atoms with Gasteiger partial charge in [0.1, 0.15) is 12.6 Å². The average Bonchev–Trinajstić information content (AvgIpc) is 2.35. The van der Waals surface area contributed by atoms with E-state index < -0.39 is 17.8 Å². The molecule has 1 atom stereocenters. The first kappa shape index (κ1) is 13.4. The summed E-state index contributed by atoms with van der Waals surface area (Å²) in [5.74, 6) is -0.755. The number of methoxy groups -OCH3 is 1. The summed E-state index contributed by atoms with van der Waals surface area (Å²) >= 11 is 0. The molecule has 17 heavy (non-hydrogen) atoms. The molecule has 0 spiro atoms. The standard InChI is InChI=1S/C12H16FNO3/c1-3-14-10(12(15)16-2)8-17-11-7-5-4-6-9(11)13/h4-7,10,14H,3,8H2,1-2H3. The molecule has 0 amide bonds. The molecule has 1 aromatic rings. The average molecular weight is 241 g/mol. The second kappa shape index (κ2) is 6.85. The van der Waals surface area contributed by atoms with E-state index in [1.807, 2.05) is 6.92 Å². The topological polar surface area (TPSA) is 47.6 Å². The first-order valence-electron chi connectivity index (χ1n) is 5.37. The van der Waals surface area contributed by atoms with Gasteiger partial charge in [-0.25, -0.2) is 4.39 Å². The minimum absolute atomic E-state index is 0.0292. The van der Waals surface area contributed by atoms with Gasteiger partial charge in [0, 0.05) is 0 Å². The van der Waals surface area contributed by atoms with Gasteiger partial charge in [0.05, 0.1) is 7.11 Å². The predicted molar refractivity (Wildman–Crippen MR) is 61.4 cm³/mol. The summed E-state index contributed by atoms with van der Waals surface area (Å²) in [6, 6.07) is 5.46. The van der Waals surface area contributed by atoms with Crippen LogP contribution in [0.1, 0.15) is 6.92 Å². The van der Waals surface area contributed by atoms with Crippen molar-refractivity contribution < 1.29 is 18.7 Å². The van der Waals surface area contributed by atoms with Crippen LogP contribution in [0.15, 0.2) is 24.3 Å². The molecule has 0 heterocycles. The van der Waals surface area contributed by atoms with Crippen LogP contribution in [0.5, 0.6) is 5.75 Å². The number of esters is 1. The van der Waals surface area contributed by atoms with E-state index in [-0.39, 0.29) is 12.4 Å². The van der Waals surface area contributed by atoms with Gasteiger partial charge >= 0.3 is 5.97 Å². The summed E-state index contributed by atoms with van der Waals surface area (Å²) in [7, 11) is 1.30. The van der Waals surface area contributed by atoms with E-state index in [4.69, 9.17) is 4.74 Å². The summed E-state index contributed by atoms with van der Waals surface area (Å²) in [5, 5.41) is 2.90. The smallest absolute Gasteiger partial charge is 0.326 e. The molecule has 5 heteroatoms. The summed E-state index contributed by atoms with van der Waals surface area (Å²) in [6.45, 7) is 2.49. The van der Waals surface area contributed by atoms with Crippen molar-refractivity contribution in [3.05, 3.63) is 30.1 Å². The van der Waals surface area contributed by atoms with Gasteiger partial charge in [-0.15, -0.1) is 0 Å². The van der Waals surface area contributed by atoms with Crippen LogP contribution in [0.4, 0.5) is 4.39 Å². The first-order chi connectivity index (χ1) is 8.19. The molecule has 0 aliphatic heterocycles. The Kier molecular flexibility index (Phi) is 5.42. The van der Waals surface area contributed by atoms with E-state index in [9.17, 15) is 9.18 Å². The fraction of sp³-hybridized carbons (Fsp3) is 0.417. The van der Waals surface area contributed by atoms with Gasteiger partial charge in [0.2, 0.25) is 0 Å². The van der Waals surface area contributed by atoms with Crippen LogP contribution in [0.3, 0.4) is 0 Å². The molecule has 0 saturated carbocycles. The van der Waals surface area contributed by atoms with Crippen molar-refractivity contribution >= 4 is 5.97 Å². The lowest BCUT2D eigenvalue weighted by Gasteiger charge is -2.16. The zero-order valence-corrected chi connectivity index (χ0v) is 9.90. The molecule has 1 unspecified atom stereocenters. The quantitative estimate of drug-likeness (QED) is 0.764. The SMILES string of the molecule is CCNC(COc1ccccc1F)C(=O)OC. The third-order valence-electron chi connectivity index (χ3n) is 2.18. The highest BCUT2D eigenvalue weighted by Crippen LogP contribution is 2.15. The monoisotopic (exact) mass is 241 g/mol. The Hall–Kier alpha value is -1.62. The third kappa shape index (κ3) is 4.03. The third-order valence-corrected chi connectivity index (χ3v) is 2.18. The van der Waals surface area contributed by atoms with Crippen molar-refractivity contribution in [2.24, 2.45) is 0 Å². The maximum atomic E-state index is 13.2. The van der Waals surface area contributed by atoms with E-state index in [1.54, 1.807) is 12.1 Å². The number of hydrogen-bond donors (Lipinski definition) is 1. The zero-order valence-electron chi connectivity index (χ0n) is 9.90. The number of carbonyl (C=O) groups excluding carboxylic acids is 1. The van der Waals surface area contributed by atoms with Gasteiger partial charge in [-0.05, 0) is 18.7 Å².